The number of carbonyl (C=O) groups is 1. The number of rotatable bonds is 6. The van der Waals surface area contributed by atoms with Gasteiger partial charge in [0.15, 0.2) is 0 Å². The van der Waals surface area contributed by atoms with Gasteiger partial charge < -0.3 is 10.3 Å². The van der Waals surface area contributed by atoms with Crippen LogP contribution >= 0.6 is 0 Å². The summed E-state index contributed by atoms with van der Waals surface area (Å²) in [6.07, 6.45) is 7.18. The van der Waals surface area contributed by atoms with Gasteiger partial charge in [-0.3, -0.25) is 4.79 Å². The molecule has 1 heterocycles. The molecular weight excluding hydrogens is 178 g/mol. The number of nitrogens with one attached hydrogen (secondary N) is 2. The van der Waals surface area contributed by atoms with E-state index < -0.39 is 0 Å². The van der Waals surface area contributed by atoms with Crippen molar-refractivity contribution in [2.24, 2.45) is 0 Å². The van der Waals surface area contributed by atoms with Gasteiger partial charge in [-0.25, -0.2) is 4.98 Å². The van der Waals surface area contributed by atoms with E-state index in [9.17, 15) is 4.79 Å². The molecule has 4 nitrogen and oxygen atoms in total. The Labute approximate surface area is 83.4 Å². The molecule has 1 aromatic heterocycles. The van der Waals surface area contributed by atoms with Crippen LogP contribution in [0.25, 0.3) is 0 Å². The van der Waals surface area contributed by atoms with Gasteiger partial charge in [0.1, 0.15) is 0 Å². The predicted octanol–water partition coefficient (Wildman–Crippen LogP) is 1.03. The molecule has 14 heavy (non-hydrogen) atoms. The van der Waals surface area contributed by atoms with Crippen molar-refractivity contribution >= 4 is 5.91 Å². The van der Waals surface area contributed by atoms with E-state index in [2.05, 4.69) is 21.9 Å². The molecule has 4 heteroatoms. The number of hydrogen-bond acceptors (Lipinski definition) is 2. The second kappa shape index (κ2) is 5.96. The number of carbonyl (C=O) groups excluding carboxylic acids is 1. The van der Waals surface area contributed by atoms with Crippen LogP contribution < -0.4 is 5.32 Å². The number of allylic oxidation sites excluding steroid dienone is 1. The van der Waals surface area contributed by atoms with E-state index in [1.54, 1.807) is 18.6 Å². The zero-order valence-electron chi connectivity index (χ0n) is 8.12. The first kappa shape index (κ1) is 10.5. The fraction of sp³-hybridized carbons (Fsp3) is 0.400. The van der Waals surface area contributed by atoms with Crippen molar-refractivity contribution in [2.75, 3.05) is 6.54 Å². The molecular formula is C10H15N3O. The van der Waals surface area contributed by atoms with E-state index in [1.165, 1.54) is 0 Å². The maximum atomic E-state index is 11.1. The highest BCUT2D eigenvalue weighted by atomic mass is 16.1. The summed E-state index contributed by atoms with van der Waals surface area (Å²) in [5, 5.41) is 2.82. The van der Waals surface area contributed by atoms with Gasteiger partial charge in [-0.15, -0.1) is 6.58 Å². The van der Waals surface area contributed by atoms with Gasteiger partial charge in [0.2, 0.25) is 5.91 Å². The number of hydrogen-bond donors (Lipinski definition) is 2. The van der Waals surface area contributed by atoms with Crippen molar-refractivity contribution in [1.82, 2.24) is 15.3 Å². The van der Waals surface area contributed by atoms with Gasteiger partial charge in [0, 0.05) is 31.3 Å². The molecule has 76 valence electrons. The summed E-state index contributed by atoms with van der Waals surface area (Å²) in [6.45, 7) is 4.21. The lowest BCUT2D eigenvalue weighted by molar-refractivity contribution is -0.120. The molecule has 0 aliphatic rings. The van der Waals surface area contributed by atoms with Crippen molar-refractivity contribution in [3.63, 3.8) is 0 Å². The lowest BCUT2D eigenvalue weighted by Gasteiger charge is -2.02. The first-order chi connectivity index (χ1) is 6.83. The Morgan fingerprint density at radius 3 is 3.21 bits per heavy atom. The average molecular weight is 193 g/mol. The van der Waals surface area contributed by atoms with E-state index in [0.29, 0.717) is 13.0 Å². The molecule has 0 aromatic carbocycles. The van der Waals surface area contributed by atoms with Crippen LogP contribution in [0.5, 0.6) is 0 Å². The number of imidazole rings is 1. The first-order valence-electron chi connectivity index (χ1n) is 4.68. The van der Waals surface area contributed by atoms with E-state index in [4.69, 9.17) is 0 Å². The third kappa shape index (κ3) is 3.89. The summed E-state index contributed by atoms with van der Waals surface area (Å²) >= 11 is 0. The largest absolute Gasteiger partial charge is 0.356 e. The molecule has 0 radical (unpaired) electrons. The van der Waals surface area contributed by atoms with Crippen molar-refractivity contribution in [3.05, 3.63) is 30.9 Å². The number of aromatic amines is 1. The van der Waals surface area contributed by atoms with Gasteiger partial charge >= 0.3 is 0 Å². The van der Waals surface area contributed by atoms with Crippen LogP contribution in [0.3, 0.4) is 0 Å². The number of nitrogens with zero attached hydrogens (tertiary/aromatic N) is 1. The Balaban J connectivity index is 2.09. The smallest absolute Gasteiger partial charge is 0.220 e. The zero-order valence-corrected chi connectivity index (χ0v) is 8.12. The molecule has 0 atom stereocenters. The van der Waals surface area contributed by atoms with Gasteiger partial charge in [0.25, 0.3) is 0 Å². The van der Waals surface area contributed by atoms with Gasteiger partial charge in [-0.2, -0.15) is 0 Å². The lowest BCUT2D eigenvalue weighted by atomic mass is 10.3. The van der Waals surface area contributed by atoms with Crippen LogP contribution in [-0.2, 0) is 11.2 Å². The maximum Gasteiger partial charge on any atom is 0.220 e. The lowest BCUT2D eigenvalue weighted by Crippen LogP contribution is -2.25. The third-order valence-corrected chi connectivity index (χ3v) is 1.85. The highest BCUT2D eigenvalue weighted by Crippen LogP contribution is 1.92. The average Bonchev–Trinajstić information content (AvgIpc) is 2.67. The topological polar surface area (TPSA) is 57.8 Å². The summed E-state index contributed by atoms with van der Waals surface area (Å²) in [6, 6.07) is 0. The van der Waals surface area contributed by atoms with Crippen LogP contribution in [0.15, 0.2) is 25.2 Å². The van der Waals surface area contributed by atoms with Crippen LogP contribution in [0.2, 0.25) is 0 Å². The van der Waals surface area contributed by atoms with Gasteiger partial charge in [-0.05, 0) is 6.42 Å². The van der Waals surface area contributed by atoms with E-state index in [1.807, 2.05) is 0 Å². The van der Waals surface area contributed by atoms with Crippen LogP contribution in [0.1, 0.15) is 18.5 Å². The van der Waals surface area contributed by atoms with E-state index in [0.717, 1.165) is 18.5 Å². The molecule has 0 saturated heterocycles. The zero-order chi connectivity index (χ0) is 10.2. The molecule has 1 rings (SSSR count). The molecule has 0 unspecified atom stereocenters. The summed E-state index contributed by atoms with van der Waals surface area (Å²) in [4.78, 5) is 18.0. The van der Waals surface area contributed by atoms with Crippen molar-refractivity contribution in [3.8, 4) is 0 Å². The molecule has 0 aliphatic carbocycles. The summed E-state index contributed by atoms with van der Waals surface area (Å²) in [7, 11) is 0. The minimum Gasteiger partial charge on any atom is -0.356 e. The maximum absolute atomic E-state index is 11.1. The third-order valence-electron chi connectivity index (χ3n) is 1.85. The second-order valence-electron chi connectivity index (χ2n) is 3.00. The van der Waals surface area contributed by atoms with E-state index >= 15 is 0 Å². The van der Waals surface area contributed by atoms with Crippen LogP contribution in [-0.4, -0.2) is 22.4 Å². The van der Waals surface area contributed by atoms with Crippen LogP contribution in [0, 0.1) is 0 Å². The summed E-state index contributed by atoms with van der Waals surface area (Å²) in [5.74, 6) is 0.0735. The molecule has 0 bridgehead atoms. The highest BCUT2D eigenvalue weighted by Gasteiger charge is 1.99. The fourth-order valence-electron chi connectivity index (χ4n) is 1.08. The molecule has 0 fully saturated rings. The van der Waals surface area contributed by atoms with E-state index in [-0.39, 0.29) is 5.91 Å². The minimum absolute atomic E-state index is 0.0735. The normalized spacial score (nSPS) is 9.71. The van der Waals surface area contributed by atoms with Crippen molar-refractivity contribution in [2.45, 2.75) is 19.3 Å². The molecule has 0 saturated carbocycles. The van der Waals surface area contributed by atoms with Crippen molar-refractivity contribution in [1.29, 1.82) is 0 Å². The number of H-pyrrole nitrogens is 1. The molecule has 1 amide bonds. The molecule has 0 aliphatic heterocycles. The Morgan fingerprint density at radius 2 is 2.57 bits per heavy atom. The highest BCUT2D eigenvalue weighted by molar-refractivity contribution is 5.75. The predicted molar refractivity (Wildman–Crippen MR) is 54.7 cm³/mol. The first-order valence-corrected chi connectivity index (χ1v) is 4.68. The van der Waals surface area contributed by atoms with Gasteiger partial charge in [-0.1, -0.05) is 6.08 Å². The molecule has 0 spiro atoms. The standard InChI is InChI=1S/C10H15N3O/c1-2-3-4-10(14)12-6-5-9-7-11-8-13-9/h2,7-8H,1,3-6H2,(H,11,13)(H,12,14). The summed E-state index contributed by atoms with van der Waals surface area (Å²) < 4.78 is 0. The SMILES string of the molecule is C=CCCC(=O)NCCc1cnc[nH]1. The Bertz CT molecular complexity index is 280. The molecule has 1 aromatic rings. The Kier molecular flexibility index (Phi) is 4.47. The Morgan fingerprint density at radius 1 is 1.71 bits per heavy atom. The fourth-order valence-corrected chi connectivity index (χ4v) is 1.08. The number of amides is 1. The monoisotopic (exact) mass is 193 g/mol. The van der Waals surface area contributed by atoms with Crippen molar-refractivity contribution < 1.29 is 4.79 Å². The number of aromatic nitrogens is 2. The molecule has 2 N–H and O–H groups in total. The van der Waals surface area contributed by atoms with Crippen LogP contribution in [0.4, 0.5) is 0 Å². The summed E-state index contributed by atoms with van der Waals surface area (Å²) in [5.41, 5.74) is 1.04. The van der Waals surface area contributed by atoms with Gasteiger partial charge in [0.05, 0.1) is 6.33 Å². The Hall–Kier alpha value is -1.58. The second-order valence-corrected chi connectivity index (χ2v) is 3.00. The quantitative estimate of drug-likeness (QED) is 0.663. The minimum atomic E-state index is 0.0735.